The SMILES string of the molecule is COC(=O)c1ccc(C(O)C2CCCCS2)o1. The van der Waals surface area contributed by atoms with E-state index < -0.39 is 12.1 Å². The number of hydrogen-bond donors (Lipinski definition) is 1. The highest BCUT2D eigenvalue weighted by Crippen LogP contribution is 2.35. The van der Waals surface area contributed by atoms with Gasteiger partial charge in [-0.15, -0.1) is 0 Å². The summed E-state index contributed by atoms with van der Waals surface area (Å²) >= 11 is 1.76. The molecule has 1 saturated heterocycles. The first-order chi connectivity index (χ1) is 8.22. The molecule has 0 aliphatic carbocycles. The van der Waals surface area contributed by atoms with Crippen LogP contribution in [0.5, 0.6) is 0 Å². The Labute approximate surface area is 104 Å². The molecule has 17 heavy (non-hydrogen) atoms. The van der Waals surface area contributed by atoms with Crippen LogP contribution in [0.3, 0.4) is 0 Å². The molecule has 1 aromatic heterocycles. The Morgan fingerprint density at radius 3 is 3.06 bits per heavy atom. The molecule has 0 saturated carbocycles. The molecular formula is C12H16O4S. The monoisotopic (exact) mass is 256 g/mol. The van der Waals surface area contributed by atoms with Crippen molar-refractivity contribution < 1.29 is 19.1 Å². The average molecular weight is 256 g/mol. The summed E-state index contributed by atoms with van der Waals surface area (Å²) in [6.45, 7) is 0. The Morgan fingerprint density at radius 1 is 1.59 bits per heavy atom. The second kappa shape index (κ2) is 5.60. The van der Waals surface area contributed by atoms with Gasteiger partial charge in [-0.3, -0.25) is 0 Å². The van der Waals surface area contributed by atoms with E-state index in [2.05, 4.69) is 4.74 Å². The van der Waals surface area contributed by atoms with Gasteiger partial charge < -0.3 is 14.3 Å². The van der Waals surface area contributed by atoms with Gasteiger partial charge in [-0.2, -0.15) is 11.8 Å². The second-order valence-corrected chi connectivity index (χ2v) is 5.39. The maximum Gasteiger partial charge on any atom is 0.373 e. The molecule has 1 aliphatic heterocycles. The topological polar surface area (TPSA) is 59.7 Å². The number of ether oxygens (including phenoxy) is 1. The lowest BCUT2D eigenvalue weighted by Gasteiger charge is -2.24. The fourth-order valence-corrected chi connectivity index (χ4v) is 3.24. The molecule has 0 bridgehead atoms. The van der Waals surface area contributed by atoms with Crippen molar-refractivity contribution >= 4 is 17.7 Å². The molecule has 1 N–H and O–H groups in total. The molecule has 1 aromatic rings. The number of aliphatic hydroxyl groups excluding tert-OH is 1. The number of rotatable bonds is 3. The smallest absolute Gasteiger partial charge is 0.373 e. The van der Waals surface area contributed by atoms with Crippen LogP contribution in [-0.4, -0.2) is 29.2 Å². The van der Waals surface area contributed by atoms with Gasteiger partial charge in [0.2, 0.25) is 5.76 Å². The Morgan fingerprint density at radius 2 is 2.41 bits per heavy atom. The third-order valence-electron chi connectivity index (χ3n) is 2.87. The number of methoxy groups -OCH3 is 1. The molecule has 2 heterocycles. The van der Waals surface area contributed by atoms with Crippen LogP contribution in [0.4, 0.5) is 0 Å². The molecule has 0 spiro atoms. The normalized spacial score (nSPS) is 22.1. The number of thioether (sulfide) groups is 1. The molecule has 1 aliphatic rings. The molecule has 0 radical (unpaired) electrons. The van der Waals surface area contributed by atoms with Crippen molar-refractivity contribution in [2.75, 3.05) is 12.9 Å². The summed E-state index contributed by atoms with van der Waals surface area (Å²) in [5.74, 6) is 1.15. The fraction of sp³-hybridized carbons (Fsp3) is 0.583. The zero-order valence-electron chi connectivity index (χ0n) is 9.72. The van der Waals surface area contributed by atoms with Gasteiger partial charge in [0, 0.05) is 5.25 Å². The van der Waals surface area contributed by atoms with E-state index in [1.54, 1.807) is 17.8 Å². The van der Waals surface area contributed by atoms with E-state index in [9.17, 15) is 9.90 Å². The van der Waals surface area contributed by atoms with Crippen molar-refractivity contribution in [2.24, 2.45) is 0 Å². The number of hydrogen-bond acceptors (Lipinski definition) is 5. The van der Waals surface area contributed by atoms with Crippen molar-refractivity contribution in [1.29, 1.82) is 0 Å². The minimum atomic E-state index is -0.640. The standard InChI is InChI=1S/C12H16O4S/c1-15-12(14)9-6-5-8(16-9)11(13)10-4-2-3-7-17-10/h5-6,10-11,13H,2-4,7H2,1H3. The zero-order chi connectivity index (χ0) is 12.3. The quantitative estimate of drug-likeness (QED) is 0.841. The number of carbonyl (C=O) groups is 1. The summed E-state index contributed by atoms with van der Waals surface area (Å²) in [5, 5.41) is 10.3. The van der Waals surface area contributed by atoms with Crippen LogP contribution in [0.25, 0.3) is 0 Å². The van der Waals surface area contributed by atoms with Gasteiger partial charge in [-0.25, -0.2) is 4.79 Å². The average Bonchev–Trinajstić information content (AvgIpc) is 2.87. The third kappa shape index (κ3) is 2.84. The summed E-state index contributed by atoms with van der Waals surface area (Å²) in [6, 6.07) is 3.18. The van der Waals surface area contributed by atoms with Gasteiger partial charge in [-0.1, -0.05) is 6.42 Å². The minimum absolute atomic E-state index is 0.141. The van der Waals surface area contributed by atoms with E-state index in [4.69, 9.17) is 4.42 Å². The van der Waals surface area contributed by atoms with Crippen LogP contribution in [0.15, 0.2) is 16.5 Å². The van der Waals surface area contributed by atoms with Crippen LogP contribution in [0, 0.1) is 0 Å². The highest BCUT2D eigenvalue weighted by Gasteiger charge is 2.26. The van der Waals surface area contributed by atoms with Crippen LogP contribution in [-0.2, 0) is 4.74 Å². The highest BCUT2D eigenvalue weighted by molar-refractivity contribution is 7.99. The molecular weight excluding hydrogens is 240 g/mol. The Bertz CT molecular complexity index is 382. The molecule has 1 fully saturated rings. The molecule has 2 unspecified atom stereocenters. The maximum atomic E-state index is 11.2. The minimum Gasteiger partial charge on any atom is -0.463 e. The lowest BCUT2D eigenvalue weighted by Crippen LogP contribution is -2.18. The van der Waals surface area contributed by atoms with Gasteiger partial charge in [0.05, 0.1) is 7.11 Å². The Kier molecular flexibility index (Phi) is 4.12. The van der Waals surface area contributed by atoms with E-state index in [1.807, 2.05) is 0 Å². The molecule has 4 nitrogen and oxygen atoms in total. The number of aliphatic hydroxyl groups is 1. The number of carbonyl (C=O) groups excluding carboxylic acids is 1. The van der Waals surface area contributed by atoms with E-state index in [-0.39, 0.29) is 11.0 Å². The molecule has 0 amide bonds. The lowest BCUT2D eigenvalue weighted by molar-refractivity contribution is 0.0554. The fourth-order valence-electron chi connectivity index (χ4n) is 1.92. The van der Waals surface area contributed by atoms with Crippen LogP contribution in [0.2, 0.25) is 0 Å². The van der Waals surface area contributed by atoms with Crippen LogP contribution in [0.1, 0.15) is 41.7 Å². The highest BCUT2D eigenvalue weighted by atomic mass is 32.2. The first-order valence-corrected chi connectivity index (χ1v) is 6.75. The van der Waals surface area contributed by atoms with Gasteiger partial charge in [-0.05, 0) is 30.7 Å². The van der Waals surface area contributed by atoms with Crippen molar-refractivity contribution in [2.45, 2.75) is 30.6 Å². The van der Waals surface area contributed by atoms with E-state index in [0.29, 0.717) is 5.76 Å². The molecule has 2 rings (SSSR count). The van der Waals surface area contributed by atoms with Crippen LogP contribution < -0.4 is 0 Å². The first kappa shape index (κ1) is 12.5. The Balaban J connectivity index is 2.05. The maximum absolute atomic E-state index is 11.2. The van der Waals surface area contributed by atoms with E-state index in [0.717, 1.165) is 18.6 Å². The van der Waals surface area contributed by atoms with Crippen molar-refractivity contribution in [1.82, 2.24) is 0 Å². The lowest BCUT2D eigenvalue weighted by atomic mass is 10.1. The van der Waals surface area contributed by atoms with Gasteiger partial charge >= 0.3 is 5.97 Å². The summed E-state index contributed by atoms with van der Waals surface area (Å²) in [5.41, 5.74) is 0. The predicted octanol–water partition coefficient (Wildman–Crippen LogP) is 2.39. The van der Waals surface area contributed by atoms with Gasteiger partial charge in [0.1, 0.15) is 11.9 Å². The van der Waals surface area contributed by atoms with Crippen LogP contribution >= 0.6 is 11.8 Å². The summed E-state index contributed by atoms with van der Waals surface area (Å²) in [4.78, 5) is 11.2. The number of furan rings is 1. The largest absolute Gasteiger partial charge is 0.463 e. The molecule has 94 valence electrons. The third-order valence-corrected chi connectivity index (χ3v) is 4.32. The Hall–Kier alpha value is -0.940. The number of esters is 1. The van der Waals surface area contributed by atoms with Crippen molar-refractivity contribution in [3.63, 3.8) is 0 Å². The van der Waals surface area contributed by atoms with E-state index in [1.165, 1.54) is 19.6 Å². The van der Waals surface area contributed by atoms with Crippen molar-refractivity contribution in [3.05, 3.63) is 23.7 Å². The molecule has 0 aromatic carbocycles. The van der Waals surface area contributed by atoms with Gasteiger partial charge in [0.25, 0.3) is 0 Å². The van der Waals surface area contributed by atoms with E-state index >= 15 is 0 Å². The summed E-state index contributed by atoms with van der Waals surface area (Å²) in [6.07, 6.45) is 2.69. The second-order valence-electron chi connectivity index (χ2n) is 4.04. The van der Waals surface area contributed by atoms with Gasteiger partial charge in [0.15, 0.2) is 0 Å². The predicted molar refractivity (Wildman–Crippen MR) is 65.1 cm³/mol. The van der Waals surface area contributed by atoms with Crippen molar-refractivity contribution in [3.8, 4) is 0 Å². The summed E-state index contributed by atoms with van der Waals surface area (Å²) in [7, 11) is 1.30. The summed E-state index contributed by atoms with van der Waals surface area (Å²) < 4.78 is 9.87. The molecule has 2 atom stereocenters. The zero-order valence-corrected chi connectivity index (χ0v) is 10.5. The first-order valence-electron chi connectivity index (χ1n) is 5.70. The molecule has 5 heteroatoms.